The number of nitrogens with zero attached hydrogens (tertiary/aromatic N) is 3. The van der Waals surface area contributed by atoms with Crippen LogP contribution < -0.4 is 9.64 Å². The number of rotatable bonds is 7. The Balaban J connectivity index is 1.47. The maximum absolute atomic E-state index is 13.3. The second kappa shape index (κ2) is 9.43. The van der Waals surface area contributed by atoms with Crippen LogP contribution in [0.15, 0.2) is 79.1 Å². The standard InChI is InChI=1S/C25H25N3O3/c1-2-27(23-13-15-28(25(23)30)21-10-4-3-5-11-21)24(29)20-9-6-12-22(16-20)31-18-19-8-7-14-26-17-19/h3-12,14,16-17,23H,2,13,15,18H2,1H3. The highest BCUT2D eigenvalue weighted by atomic mass is 16.5. The van der Waals surface area contributed by atoms with Gasteiger partial charge in [-0.25, -0.2) is 0 Å². The summed E-state index contributed by atoms with van der Waals surface area (Å²) in [5, 5.41) is 0. The Hall–Kier alpha value is -3.67. The predicted octanol–water partition coefficient (Wildman–Crippen LogP) is 3.93. The summed E-state index contributed by atoms with van der Waals surface area (Å²) in [5.74, 6) is 0.405. The SMILES string of the molecule is CCN(C(=O)c1cccc(OCc2cccnc2)c1)C1CCN(c2ccccc2)C1=O. The maximum atomic E-state index is 13.3. The van der Waals surface area contributed by atoms with Crippen LogP contribution in [0, 0.1) is 0 Å². The maximum Gasteiger partial charge on any atom is 0.254 e. The first-order valence-electron chi connectivity index (χ1n) is 10.5. The van der Waals surface area contributed by atoms with Crippen molar-refractivity contribution in [3.63, 3.8) is 0 Å². The minimum absolute atomic E-state index is 0.0367. The van der Waals surface area contributed by atoms with Crippen LogP contribution in [0.4, 0.5) is 5.69 Å². The van der Waals surface area contributed by atoms with Gasteiger partial charge in [-0.1, -0.05) is 30.3 Å². The third-order valence-electron chi connectivity index (χ3n) is 5.43. The van der Waals surface area contributed by atoms with Crippen molar-refractivity contribution in [3.05, 3.63) is 90.3 Å². The van der Waals surface area contributed by atoms with Crippen LogP contribution in [0.2, 0.25) is 0 Å². The number of likely N-dealkylation sites (N-methyl/N-ethyl adjacent to an activating group) is 1. The summed E-state index contributed by atoms with van der Waals surface area (Å²) >= 11 is 0. The first kappa shape index (κ1) is 20.6. The van der Waals surface area contributed by atoms with Crippen LogP contribution >= 0.6 is 0 Å². The molecule has 1 fully saturated rings. The van der Waals surface area contributed by atoms with Gasteiger partial charge < -0.3 is 14.5 Å². The molecule has 1 saturated heterocycles. The van der Waals surface area contributed by atoms with Gasteiger partial charge >= 0.3 is 0 Å². The number of hydrogen-bond acceptors (Lipinski definition) is 4. The van der Waals surface area contributed by atoms with E-state index in [-0.39, 0.29) is 11.8 Å². The fourth-order valence-electron chi connectivity index (χ4n) is 3.86. The minimum atomic E-state index is -0.460. The summed E-state index contributed by atoms with van der Waals surface area (Å²) in [7, 11) is 0. The van der Waals surface area contributed by atoms with Crippen molar-refractivity contribution in [3.8, 4) is 5.75 Å². The van der Waals surface area contributed by atoms with E-state index in [2.05, 4.69) is 4.98 Å². The van der Waals surface area contributed by atoms with Crippen LogP contribution in [-0.2, 0) is 11.4 Å². The van der Waals surface area contributed by atoms with E-state index >= 15 is 0 Å². The summed E-state index contributed by atoms with van der Waals surface area (Å²) in [6.07, 6.45) is 4.08. The second-order valence-electron chi connectivity index (χ2n) is 7.40. The highest BCUT2D eigenvalue weighted by Gasteiger charge is 2.38. The fourth-order valence-corrected chi connectivity index (χ4v) is 3.86. The van der Waals surface area contributed by atoms with Gasteiger partial charge in [0.25, 0.3) is 5.91 Å². The van der Waals surface area contributed by atoms with Crippen LogP contribution in [0.3, 0.4) is 0 Å². The molecule has 158 valence electrons. The van der Waals surface area contributed by atoms with Crippen molar-refractivity contribution in [1.82, 2.24) is 9.88 Å². The molecule has 1 aliphatic heterocycles. The Bertz CT molecular complexity index is 1040. The fraction of sp³-hybridized carbons (Fsp3) is 0.240. The molecule has 1 aliphatic rings. The van der Waals surface area contributed by atoms with E-state index in [0.717, 1.165) is 11.3 Å². The summed E-state index contributed by atoms with van der Waals surface area (Å²) < 4.78 is 5.83. The lowest BCUT2D eigenvalue weighted by Gasteiger charge is -2.27. The molecular weight excluding hydrogens is 390 g/mol. The van der Waals surface area contributed by atoms with Gasteiger partial charge in [0.2, 0.25) is 5.91 Å². The van der Waals surface area contributed by atoms with Crippen molar-refractivity contribution < 1.29 is 14.3 Å². The molecule has 6 nitrogen and oxygen atoms in total. The molecule has 0 aliphatic carbocycles. The molecule has 2 aromatic carbocycles. The molecule has 2 amide bonds. The average Bonchev–Trinajstić information content (AvgIpc) is 3.20. The van der Waals surface area contributed by atoms with Gasteiger partial charge in [0.05, 0.1) is 0 Å². The van der Waals surface area contributed by atoms with Crippen LogP contribution in [0.1, 0.15) is 29.3 Å². The zero-order valence-electron chi connectivity index (χ0n) is 17.5. The first-order valence-corrected chi connectivity index (χ1v) is 10.5. The van der Waals surface area contributed by atoms with Crippen molar-refractivity contribution in [2.45, 2.75) is 26.0 Å². The molecule has 0 radical (unpaired) electrons. The van der Waals surface area contributed by atoms with Gasteiger partial charge in [0, 0.05) is 42.3 Å². The van der Waals surface area contributed by atoms with Gasteiger partial charge in [0.15, 0.2) is 0 Å². The number of para-hydroxylation sites is 1. The number of ether oxygens (including phenoxy) is 1. The van der Waals surface area contributed by atoms with Gasteiger partial charge in [0.1, 0.15) is 18.4 Å². The Morgan fingerprint density at radius 2 is 1.97 bits per heavy atom. The van der Waals surface area contributed by atoms with E-state index in [1.54, 1.807) is 40.4 Å². The molecule has 1 atom stereocenters. The summed E-state index contributed by atoms with van der Waals surface area (Å²) in [4.78, 5) is 33.8. The van der Waals surface area contributed by atoms with Crippen molar-refractivity contribution in [1.29, 1.82) is 0 Å². The number of amides is 2. The predicted molar refractivity (Wildman–Crippen MR) is 119 cm³/mol. The first-order chi connectivity index (χ1) is 15.2. The molecule has 3 aromatic rings. The molecule has 6 heteroatoms. The summed E-state index contributed by atoms with van der Waals surface area (Å²) in [5.41, 5.74) is 2.33. The average molecular weight is 415 g/mol. The second-order valence-corrected chi connectivity index (χ2v) is 7.40. The number of carbonyl (C=O) groups is 2. The van der Waals surface area contributed by atoms with E-state index in [1.165, 1.54) is 0 Å². The molecule has 4 rings (SSSR count). The zero-order chi connectivity index (χ0) is 21.6. The quantitative estimate of drug-likeness (QED) is 0.587. The van der Waals surface area contributed by atoms with E-state index in [4.69, 9.17) is 4.74 Å². The van der Waals surface area contributed by atoms with E-state index in [0.29, 0.717) is 37.4 Å². The molecule has 0 N–H and O–H groups in total. The lowest BCUT2D eigenvalue weighted by molar-refractivity contribution is -0.120. The van der Waals surface area contributed by atoms with E-state index in [9.17, 15) is 9.59 Å². The zero-order valence-corrected chi connectivity index (χ0v) is 17.5. The number of pyridine rings is 1. The number of aromatic nitrogens is 1. The van der Waals surface area contributed by atoms with Crippen LogP contribution in [0.25, 0.3) is 0 Å². The molecule has 2 heterocycles. The Morgan fingerprint density at radius 1 is 1.13 bits per heavy atom. The lowest BCUT2D eigenvalue weighted by Crippen LogP contribution is -2.45. The smallest absolute Gasteiger partial charge is 0.254 e. The Kier molecular flexibility index (Phi) is 6.26. The van der Waals surface area contributed by atoms with Crippen molar-refractivity contribution >= 4 is 17.5 Å². The minimum Gasteiger partial charge on any atom is -0.489 e. The molecule has 0 saturated carbocycles. The molecule has 31 heavy (non-hydrogen) atoms. The molecular formula is C25H25N3O3. The number of hydrogen-bond donors (Lipinski definition) is 0. The normalized spacial score (nSPS) is 15.7. The molecule has 1 aromatic heterocycles. The number of carbonyl (C=O) groups excluding carboxylic acids is 2. The van der Waals surface area contributed by atoms with Gasteiger partial charge in [-0.05, 0) is 49.7 Å². The van der Waals surface area contributed by atoms with Gasteiger partial charge in [-0.3, -0.25) is 14.6 Å². The van der Waals surface area contributed by atoms with Gasteiger partial charge in [-0.2, -0.15) is 0 Å². The van der Waals surface area contributed by atoms with Crippen molar-refractivity contribution in [2.75, 3.05) is 18.0 Å². The van der Waals surface area contributed by atoms with E-state index < -0.39 is 6.04 Å². The largest absolute Gasteiger partial charge is 0.489 e. The Labute approximate surface area is 182 Å². The highest BCUT2D eigenvalue weighted by Crippen LogP contribution is 2.26. The van der Waals surface area contributed by atoms with E-state index in [1.807, 2.05) is 55.5 Å². The topological polar surface area (TPSA) is 62.7 Å². The van der Waals surface area contributed by atoms with Gasteiger partial charge in [-0.15, -0.1) is 0 Å². The summed E-state index contributed by atoms with van der Waals surface area (Å²) in [6, 6.07) is 20.0. The number of benzene rings is 2. The molecule has 0 bridgehead atoms. The summed E-state index contributed by atoms with van der Waals surface area (Å²) in [6.45, 7) is 3.33. The number of anilines is 1. The van der Waals surface area contributed by atoms with Crippen LogP contribution in [0.5, 0.6) is 5.75 Å². The molecule has 1 unspecified atom stereocenters. The Morgan fingerprint density at radius 3 is 2.71 bits per heavy atom. The lowest BCUT2D eigenvalue weighted by atomic mass is 10.1. The third-order valence-corrected chi connectivity index (χ3v) is 5.43. The van der Waals surface area contributed by atoms with Crippen LogP contribution in [-0.4, -0.2) is 40.8 Å². The third kappa shape index (κ3) is 4.58. The highest BCUT2D eigenvalue weighted by molar-refractivity contribution is 6.04. The molecule has 0 spiro atoms. The monoisotopic (exact) mass is 415 g/mol. The van der Waals surface area contributed by atoms with Crippen molar-refractivity contribution in [2.24, 2.45) is 0 Å².